The molecule has 1 unspecified atom stereocenters. The summed E-state index contributed by atoms with van der Waals surface area (Å²) >= 11 is 0. The molecule has 0 spiro atoms. The van der Waals surface area contributed by atoms with Crippen molar-refractivity contribution < 1.29 is 27.4 Å². The van der Waals surface area contributed by atoms with Crippen molar-refractivity contribution in [2.75, 3.05) is 19.8 Å². The van der Waals surface area contributed by atoms with Crippen molar-refractivity contribution >= 4 is 0 Å². The fraction of sp³-hybridized carbons (Fsp3) is 0.310. The maximum atomic E-state index is 15.0. The molecular formula is C29H27F3O3. The molecule has 3 aromatic carbocycles. The number of rotatable bonds is 7. The summed E-state index contributed by atoms with van der Waals surface area (Å²) in [6.07, 6.45) is 5.20. The molecule has 3 nitrogen and oxygen atoms in total. The first-order valence-corrected chi connectivity index (χ1v) is 11.9. The first-order valence-electron chi connectivity index (χ1n) is 11.9. The highest BCUT2D eigenvalue weighted by Gasteiger charge is 2.30. The lowest BCUT2D eigenvalue weighted by Crippen LogP contribution is -2.27. The topological polar surface area (TPSA) is 31.0 Å². The Kier molecular flexibility index (Phi) is 7.04. The molecule has 2 aliphatic rings. The third kappa shape index (κ3) is 5.20. The van der Waals surface area contributed by atoms with Crippen molar-refractivity contribution in [3.63, 3.8) is 0 Å². The molecule has 0 N–H and O–H groups in total. The van der Waals surface area contributed by atoms with E-state index in [1.165, 1.54) is 6.07 Å². The van der Waals surface area contributed by atoms with Gasteiger partial charge in [0.05, 0.1) is 19.8 Å². The molecule has 3 aromatic rings. The van der Waals surface area contributed by atoms with E-state index in [2.05, 4.69) is 6.08 Å². The lowest BCUT2D eigenvalue weighted by atomic mass is 9.97. The van der Waals surface area contributed by atoms with Gasteiger partial charge in [-0.25, -0.2) is 13.2 Å². The second-order valence-electron chi connectivity index (χ2n) is 8.98. The van der Waals surface area contributed by atoms with Crippen molar-refractivity contribution in [1.29, 1.82) is 0 Å². The van der Waals surface area contributed by atoms with E-state index in [-0.39, 0.29) is 17.2 Å². The van der Waals surface area contributed by atoms with E-state index < -0.39 is 23.7 Å². The fourth-order valence-corrected chi connectivity index (χ4v) is 4.41. The number of ether oxygens (including phenoxy) is 3. The van der Waals surface area contributed by atoms with Crippen LogP contribution in [0.3, 0.4) is 0 Å². The molecule has 0 bridgehead atoms. The molecule has 182 valence electrons. The SMILES string of the molecule is C/C=C/CCC1COC(c2ccc(-c3ccc(-c4ccc(C5CO5)c(F)c4F)cc3)c(F)c2)OC1. The quantitative estimate of drug-likeness (QED) is 0.259. The van der Waals surface area contributed by atoms with Crippen LogP contribution in [0.5, 0.6) is 0 Å². The molecule has 5 rings (SSSR count). The average molecular weight is 481 g/mol. The monoisotopic (exact) mass is 480 g/mol. The summed E-state index contributed by atoms with van der Waals surface area (Å²) in [6.45, 7) is 3.57. The van der Waals surface area contributed by atoms with E-state index in [9.17, 15) is 13.2 Å². The van der Waals surface area contributed by atoms with Gasteiger partial charge in [-0.3, -0.25) is 0 Å². The molecular weight excluding hydrogens is 453 g/mol. The van der Waals surface area contributed by atoms with Crippen molar-refractivity contribution in [3.8, 4) is 22.3 Å². The van der Waals surface area contributed by atoms with Crippen LogP contribution < -0.4 is 0 Å². The van der Waals surface area contributed by atoms with Crippen molar-refractivity contribution in [1.82, 2.24) is 0 Å². The largest absolute Gasteiger partial charge is 0.368 e. The van der Waals surface area contributed by atoms with E-state index in [0.717, 1.165) is 12.8 Å². The predicted octanol–water partition coefficient (Wildman–Crippen LogP) is 7.53. The summed E-state index contributed by atoms with van der Waals surface area (Å²) in [5.74, 6) is -1.85. The summed E-state index contributed by atoms with van der Waals surface area (Å²) < 4.78 is 60.7. The fourth-order valence-electron chi connectivity index (χ4n) is 4.41. The summed E-state index contributed by atoms with van der Waals surface area (Å²) in [5.41, 5.74) is 2.58. The summed E-state index contributed by atoms with van der Waals surface area (Å²) in [4.78, 5) is 0. The van der Waals surface area contributed by atoms with Crippen molar-refractivity contribution in [2.45, 2.75) is 32.2 Å². The van der Waals surface area contributed by atoms with Crippen LogP contribution in [0.2, 0.25) is 0 Å². The molecule has 2 heterocycles. The Balaban J connectivity index is 1.28. The van der Waals surface area contributed by atoms with Gasteiger partial charge in [0.1, 0.15) is 11.9 Å². The zero-order chi connectivity index (χ0) is 24.4. The van der Waals surface area contributed by atoms with Gasteiger partial charge in [-0.05, 0) is 37.0 Å². The Bertz CT molecular complexity index is 1210. The number of epoxide rings is 1. The average Bonchev–Trinajstić information content (AvgIpc) is 3.72. The molecule has 0 radical (unpaired) electrons. The lowest BCUT2D eigenvalue weighted by molar-refractivity contribution is -0.205. The number of hydrogen-bond acceptors (Lipinski definition) is 3. The van der Waals surface area contributed by atoms with Crippen LogP contribution in [0.1, 0.15) is 43.3 Å². The zero-order valence-corrected chi connectivity index (χ0v) is 19.5. The highest BCUT2D eigenvalue weighted by atomic mass is 19.2. The lowest BCUT2D eigenvalue weighted by Gasteiger charge is -2.29. The number of allylic oxidation sites excluding steroid dienone is 2. The van der Waals surface area contributed by atoms with E-state index in [4.69, 9.17) is 14.2 Å². The van der Waals surface area contributed by atoms with Crippen molar-refractivity contribution in [2.24, 2.45) is 5.92 Å². The minimum absolute atomic E-state index is 0.157. The molecule has 2 aliphatic heterocycles. The Morgan fingerprint density at radius 1 is 0.800 bits per heavy atom. The van der Waals surface area contributed by atoms with E-state index in [1.54, 1.807) is 48.5 Å². The van der Waals surface area contributed by atoms with Crippen LogP contribution in [-0.2, 0) is 14.2 Å². The van der Waals surface area contributed by atoms with Gasteiger partial charge < -0.3 is 14.2 Å². The first-order chi connectivity index (χ1) is 17.0. The smallest absolute Gasteiger partial charge is 0.183 e. The third-order valence-corrected chi connectivity index (χ3v) is 6.51. The van der Waals surface area contributed by atoms with Crippen LogP contribution in [-0.4, -0.2) is 19.8 Å². The van der Waals surface area contributed by atoms with Gasteiger partial charge in [-0.1, -0.05) is 60.7 Å². The van der Waals surface area contributed by atoms with E-state index >= 15 is 0 Å². The molecule has 0 aliphatic carbocycles. The van der Waals surface area contributed by atoms with Crippen molar-refractivity contribution in [3.05, 3.63) is 95.3 Å². The molecule has 35 heavy (non-hydrogen) atoms. The highest BCUT2D eigenvalue weighted by Crippen LogP contribution is 2.36. The second kappa shape index (κ2) is 10.4. The number of hydrogen-bond donors (Lipinski definition) is 0. The normalized spacial score (nSPS) is 22.0. The molecule has 1 atom stereocenters. The minimum Gasteiger partial charge on any atom is -0.368 e. The molecule has 6 heteroatoms. The predicted molar refractivity (Wildman–Crippen MR) is 128 cm³/mol. The van der Waals surface area contributed by atoms with Gasteiger partial charge in [0, 0.05) is 28.2 Å². The molecule has 0 aromatic heterocycles. The standard InChI is InChI=1S/C29H27F3O3/c1-2-3-4-5-18-15-34-29(35-16-18)21-10-11-22(25(30)14-21)19-6-8-20(9-7-19)23-12-13-24(26-17-33-26)28(32)27(23)31/h2-3,6-14,18,26,29H,4-5,15-17H2,1H3/b3-2+. The van der Waals surface area contributed by atoms with Gasteiger partial charge in [0.2, 0.25) is 0 Å². The molecule has 0 amide bonds. The zero-order valence-electron chi connectivity index (χ0n) is 19.5. The maximum Gasteiger partial charge on any atom is 0.183 e. The Hall–Kier alpha value is -2.93. The highest BCUT2D eigenvalue weighted by molar-refractivity contribution is 5.71. The third-order valence-electron chi connectivity index (χ3n) is 6.51. The number of benzene rings is 3. The summed E-state index contributed by atoms with van der Waals surface area (Å²) in [7, 11) is 0. The van der Waals surface area contributed by atoms with Gasteiger partial charge in [0.15, 0.2) is 17.9 Å². The second-order valence-corrected chi connectivity index (χ2v) is 8.98. The van der Waals surface area contributed by atoms with Gasteiger partial charge in [-0.15, -0.1) is 0 Å². The van der Waals surface area contributed by atoms with Crippen LogP contribution in [0.4, 0.5) is 13.2 Å². The van der Waals surface area contributed by atoms with Gasteiger partial charge >= 0.3 is 0 Å². The Morgan fingerprint density at radius 3 is 2.09 bits per heavy atom. The van der Waals surface area contributed by atoms with E-state index in [1.807, 2.05) is 13.0 Å². The number of halogens is 3. The van der Waals surface area contributed by atoms with Crippen LogP contribution >= 0.6 is 0 Å². The molecule has 0 saturated carbocycles. The maximum absolute atomic E-state index is 15.0. The van der Waals surface area contributed by atoms with Crippen LogP contribution in [0, 0.1) is 23.4 Å². The Labute approximate surface area is 203 Å². The summed E-state index contributed by atoms with van der Waals surface area (Å²) in [5, 5.41) is 0. The van der Waals surface area contributed by atoms with Crippen LogP contribution in [0.15, 0.2) is 66.7 Å². The molecule has 2 saturated heterocycles. The first kappa shape index (κ1) is 23.8. The van der Waals surface area contributed by atoms with Gasteiger partial charge in [0.25, 0.3) is 0 Å². The summed E-state index contributed by atoms with van der Waals surface area (Å²) in [6, 6.07) is 14.7. The molecule has 2 fully saturated rings. The van der Waals surface area contributed by atoms with Crippen LogP contribution in [0.25, 0.3) is 22.3 Å². The van der Waals surface area contributed by atoms with E-state index in [0.29, 0.717) is 48.0 Å². The Morgan fingerprint density at radius 2 is 1.46 bits per heavy atom. The minimum atomic E-state index is -0.905. The van der Waals surface area contributed by atoms with Gasteiger partial charge in [-0.2, -0.15) is 0 Å².